The minimum atomic E-state index is -1.50. The molecule has 10 heteroatoms. The van der Waals surface area contributed by atoms with Gasteiger partial charge in [-0.25, -0.2) is 4.79 Å². The van der Waals surface area contributed by atoms with Crippen molar-refractivity contribution < 1.29 is 23.6 Å². The van der Waals surface area contributed by atoms with E-state index in [0.29, 0.717) is 35.2 Å². The second-order valence-electron chi connectivity index (χ2n) is 7.97. The molecule has 1 N–H and O–H groups in total. The molecule has 0 bridgehead atoms. The first-order chi connectivity index (χ1) is 14.2. The standard InChI is InChI=1S/C20H25N3O6S/c1-20(2,3)29-19(26)21-14-7-10-23(11-14)30(27)17-6-4-5-16-15(17)8-9-22(18(16)25)12-28-13-24/h4-6,8-9,13-14H,7,10-12H2,1-3H3,(H,21,26). The molecule has 2 heterocycles. The van der Waals surface area contributed by atoms with Crippen molar-refractivity contribution in [3.8, 4) is 0 Å². The Bertz CT molecular complexity index is 987. The molecule has 0 saturated carbocycles. The molecule has 0 aliphatic carbocycles. The highest BCUT2D eigenvalue weighted by molar-refractivity contribution is 7.89. The maximum atomic E-state index is 13.2. The molecule has 2 unspecified atom stereocenters. The maximum Gasteiger partial charge on any atom is 0.407 e. The van der Waals surface area contributed by atoms with Crippen molar-refractivity contribution in [1.82, 2.24) is 14.2 Å². The van der Waals surface area contributed by atoms with Gasteiger partial charge in [-0.1, -0.05) is 6.07 Å². The Hall–Kier alpha value is -2.56. The molecule has 1 aromatic heterocycles. The summed E-state index contributed by atoms with van der Waals surface area (Å²) in [7, 11) is 0. The Morgan fingerprint density at radius 3 is 2.80 bits per heavy atom. The lowest BCUT2D eigenvalue weighted by Crippen LogP contribution is -2.41. The highest BCUT2D eigenvalue weighted by Crippen LogP contribution is 2.27. The number of hydrogen-bond acceptors (Lipinski definition) is 7. The van der Waals surface area contributed by atoms with Gasteiger partial charge in [-0.05, 0) is 45.4 Å². The Morgan fingerprint density at radius 2 is 2.10 bits per heavy atom. The number of amides is 1. The first-order valence-electron chi connectivity index (χ1n) is 9.53. The molecule has 9 nitrogen and oxygen atoms in total. The van der Waals surface area contributed by atoms with Crippen LogP contribution in [0.1, 0.15) is 27.2 Å². The zero-order valence-corrected chi connectivity index (χ0v) is 17.9. The molecule has 1 aliphatic rings. The summed E-state index contributed by atoms with van der Waals surface area (Å²) in [6.07, 6.45) is 1.65. The molecule has 1 amide bonds. The molecular formula is C20H25N3O6S. The zero-order valence-electron chi connectivity index (χ0n) is 17.1. The van der Waals surface area contributed by atoms with Crippen LogP contribution >= 0.6 is 0 Å². The van der Waals surface area contributed by atoms with Crippen LogP contribution in [0.2, 0.25) is 0 Å². The molecule has 2 aromatic rings. The predicted octanol–water partition coefficient (Wildman–Crippen LogP) is 1.75. The molecule has 0 radical (unpaired) electrons. The van der Waals surface area contributed by atoms with Gasteiger partial charge in [0.05, 0.1) is 29.3 Å². The number of pyridine rings is 1. The van der Waals surface area contributed by atoms with Crippen molar-refractivity contribution in [1.29, 1.82) is 0 Å². The second-order valence-corrected chi connectivity index (χ2v) is 9.42. The Labute approximate surface area is 177 Å². The Kier molecular flexibility index (Phi) is 6.69. The number of carbonyl (C=O) groups excluding carboxylic acids is 2. The largest absolute Gasteiger partial charge is 0.593 e. The van der Waals surface area contributed by atoms with Crippen LogP contribution < -0.4 is 10.9 Å². The number of ether oxygens (including phenoxy) is 2. The molecule has 1 fully saturated rings. The normalized spacial score (nSPS) is 18.2. The fourth-order valence-electron chi connectivity index (χ4n) is 3.26. The lowest BCUT2D eigenvalue weighted by atomic mass is 10.2. The lowest BCUT2D eigenvalue weighted by Gasteiger charge is -2.22. The van der Waals surface area contributed by atoms with E-state index in [1.807, 2.05) is 0 Å². The minimum Gasteiger partial charge on any atom is -0.593 e. The number of nitrogens with one attached hydrogen (secondary N) is 1. The average Bonchev–Trinajstić information content (AvgIpc) is 3.13. The molecule has 2 atom stereocenters. The third-order valence-corrected chi connectivity index (χ3v) is 6.09. The summed E-state index contributed by atoms with van der Waals surface area (Å²) in [5, 5.41) is 3.78. The fraction of sp³-hybridized carbons (Fsp3) is 0.450. The van der Waals surface area contributed by atoms with Crippen molar-refractivity contribution in [3.05, 3.63) is 40.8 Å². The van der Waals surface area contributed by atoms with Crippen molar-refractivity contribution in [2.24, 2.45) is 0 Å². The van der Waals surface area contributed by atoms with E-state index in [9.17, 15) is 18.9 Å². The number of carbonyl (C=O) groups is 2. The average molecular weight is 436 g/mol. The van der Waals surface area contributed by atoms with E-state index in [0.717, 1.165) is 0 Å². The Balaban J connectivity index is 1.75. The van der Waals surface area contributed by atoms with Crippen LogP contribution in [0.4, 0.5) is 4.79 Å². The number of alkyl carbamates (subject to hydrolysis) is 1. The number of rotatable bonds is 6. The van der Waals surface area contributed by atoms with E-state index in [-0.39, 0.29) is 24.8 Å². The van der Waals surface area contributed by atoms with Crippen molar-refractivity contribution >= 4 is 34.7 Å². The number of benzene rings is 1. The fourth-order valence-corrected chi connectivity index (χ4v) is 4.69. The van der Waals surface area contributed by atoms with Crippen LogP contribution in [-0.4, -0.2) is 50.7 Å². The molecular weight excluding hydrogens is 410 g/mol. The zero-order chi connectivity index (χ0) is 21.9. The van der Waals surface area contributed by atoms with Crippen molar-refractivity contribution in [2.45, 2.75) is 50.5 Å². The van der Waals surface area contributed by atoms with Crippen molar-refractivity contribution in [3.63, 3.8) is 0 Å². The topological polar surface area (TPSA) is 113 Å². The quantitative estimate of drug-likeness (QED) is 0.543. The van der Waals surface area contributed by atoms with E-state index in [1.165, 1.54) is 10.8 Å². The van der Waals surface area contributed by atoms with E-state index in [1.54, 1.807) is 49.3 Å². The minimum absolute atomic E-state index is 0.170. The first-order valence-corrected chi connectivity index (χ1v) is 10.6. The Morgan fingerprint density at radius 1 is 1.33 bits per heavy atom. The van der Waals surface area contributed by atoms with Gasteiger partial charge >= 0.3 is 6.09 Å². The summed E-state index contributed by atoms with van der Waals surface area (Å²) < 4.78 is 26.2. The molecule has 30 heavy (non-hydrogen) atoms. The number of fused-ring (bicyclic) bond motifs is 1. The van der Waals surface area contributed by atoms with Gasteiger partial charge < -0.3 is 19.3 Å². The van der Waals surface area contributed by atoms with Gasteiger partial charge in [0.1, 0.15) is 5.60 Å². The van der Waals surface area contributed by atoms with E-state index in [4.69, 9.17) is 4.74 Å². The summed E-state index contributed by atoms with van der Waals surface area (Å²) in [4.78, 5) is 35.5. The van der Waals surface area contributed by atoms with Crippen LogP contribution in [0.25, 0.3) is 10.8 Å². The third kappa shape index (κ3) is 5.13. The van der Waals surface area contributed by atoms with Gasteiger partial charge in [0.25, 0.3) is 12.0 Å². The van der Waals surface area contributed by atoms with Crippen LogP contribution in [0.15, 0.2) is 40.2 Å². The number of nitrogens with zero attached hydrogens (tertiary/aromatic N) is 2. The smallest absolute Gasteiger partial charge is 0.407 e. The van der Waals surface area contributed by atoms with Crippen LogP contribution in [0, 0.1) is 0 Å². The highest BCUT2D eigenvalue weighted by Gasteiger charge is 2.34. The molecule has 162 valence electrons. The van der Waals surface area contributed by atoms with E-state index < -0.39 is 23.1 Å². The van der Waals surface area contributed by atoms with Crippen molar-refractivity contribution in [2.75, 3.05) is 13.1 Å². The number of hydrogen-bond donors (Lipinski definition) is 1. The van der Waals surface area contributed by atoms with Crippen LogP contribution in [-0.2, 0) is 32.4 Å². The number of aromatic nitrogens is 1. The van der Waals surface area contributed by atoms with Crippen LogP contribution in [0.5, 0.6) is 0 Å². The lowest BCUT2D eigenvalue weighted by molar-refractivity contribution is -0.132. The van der Waals surface area contributed by atoms with Gasteiger partial charge in [-0.3, -0.25) is 14.2 Å². The molecule has 1 aromatic carbocycles. The molecule has 3 rings (SSSR count). The van der Waals surface area contributed by atoms with E-state index >= 15 is 0 Å². The van der Waals surface area contributed by atoms with Crippen LogP contribution in [0.3, 0.4) is 0 Å². The summed E-state index contributed by atoms with van der Waals surface area (Å²) in [5.41, 5.74) is -0.920. The maximum absolute atomic E-state index is 13.2. The van der Waals surface area contributed by atoms with Gasteiger partial charge in [-0.2, -0.15) is 0 Å². The summed E-state index contributed by atoms with van der Waals surface area (Å²) in [6.45, 7) is 6.42. The van der Waals surface area contributed by atoms with Gasteiger partial charge in [0.2, 0.25) is 0 Å². The summed E-state index contributed by atoms with van der Waals surface area (Å²) in [6, 6.07) is 6.56. The van der Waals surface area contributed by atoms with Gasteiger partial charge in [-0.15, -0.1) is 4.31 Å². The first kappa shape index (κ1) is 22.1. The monoisotopic (exact) mass is 435 g/mol. The third-order valence-electron chi connectivity index (χ3n) is 4.55. The van der Waals surface area contributed by atoms with Gasteiger partial charge in [0.15, 0.2) is 11.6 Å². The molecule has 1 saturated heterocycles. The highest BCUT2D eigenvalue weighted by atomic mass is 32.2. The molecule has 1 aliphatic heterocycles. The molecule has 0 spiro atoms. The second kappa shape index (κ2) is 9.07. The summed E-state index contributed by atoms with van der Waals surface area (Å²) in [5.74, 6) is 0. The van der Waals surface area contributed by atoms with E-state index in [2.05, 4.69) is 10.1 Å². The van der Waals surface area contributed by atoms with Gasteiger partial charge in [0, 0.05) is 18.1 Å². The summed E-state index contributed by atoms with van der Waals surface area (Å²) >= 11 is -1.50. The predicted molar refractivity (Wildman–Crippen MR) is 111 cm³/mol. The SMILES string of the molecule is CC(C)(C)OC(=O)NC1CCN([S+]([O-])c2cccc3c(=O)n(COC=O)ccc23)C1.